The molecule has 0 spiro atoms. The fraction of sp³-hybridized carbons (Fsp3) is 0.667. The first-order valence-corrected chi connectivity index (χ1v) is 4.00. The van der Waals surface area contributed by atoms with Gasteiger partial charge in [0.05, 0.1) is 19.1 Å². The van der Waals surface area contributed by atoms with Crippen molar-refractivity contribution in [2.75, 3.05) is 6.61 Å². The van der Waals surface area contributed by atoms with E-state index in [1.54, 1.807) is 6.07 Å². The van der Waals surface area contributed by atoms with Gasteiger partial charge in [0, 0.05) is 0 Å². The molecule has 0 aliphatic carbocycles. The summed E-state index contributed by atoms with van der Waals surface area (Å²) >= 11 is 0. The van der Waals surface area contributed by atoms with E-state index in [2.05, 4.69) is 15.1 Å². The van der Waals surface area contributed by atoms with E-state index in [0.717, 1.165) is 0 Å². The highest BCUT2D eigenvalue weighted by Crippen LogP contribution is 2.30. The van der Waals surface area contributed by atoms with Gasteiger partial charge in [0.25, 0.3) is 0 Å². The van der Waals surface area contributed by atoms with Crippen LogP contribution < -0.4 is 5.50 Å². The minimum Gasteiger partial charge on any atom is -0.311 e. The number of rotatable bonds is 4. The molecule has 1 atom stereocenters. The van der Waals surface area contributed by atoms with Gasteiger partial charge in [0.2, 0.25) is 0 Å². The monoisotopic (exact) mass is 166 g/mol. The van der Waals surface area contributed by atoms with Crippen LogP contribution in [0.1, 0.15) is 6.42 Å². The number of nitrogens with two attached hydrogens (primary N) is 1. The Morgan fingerprint density at radius 2 is 2.40 bits per heavy atom. The van der Waals surface area contributed by atoms with Gasteiger partial charge in [-0.1, -0.05) is 0 Å². The lowest BCUT2D eigenvalue weighted by atomic mass is 10.5. The number of nitrogens with zero attached hydrogens (tertiary/aromatic N) is 1. The van der Waals surface area contributed by atoms with Crippen molar-refractivity contribution in [1.82, 2.24) is 0 Å². The predicted octanol–water partition coefficient (Wildman–Crippen LogP) is -0.0926. The Morgan fingerprint density at radius 1 is 1.80 bits per heavy atom. The van der Waals surface area contributed by atoms with E-state index in [1.807, 2.05) is 0 Å². The van der Waals surface area contributed by atoms with Crippen LogP contribution in [0.3, 0.4) is 0 Å². The van der Waals surface area contributed by atoms with Crippen LogP contribution in [0.5, 0.6) is 0 Å². The molecule has 7 heteroatoms. The van der Waals surface area contributed by atoms with Crippen LogP contribution in [-0.4, -0.2) is 11.5 Å². The normalized spacial score (nSPS) is 15.7. The third kappa shape index (κ3) is 7.56. The quantitative estimate of drug-likeness (QED) is 0.261. The zero-order chi connectivity index (χ0) is 8.04. The standard InChI is InChI=1S/C3H7N2O4P/c4-2-1-3-8-9-10(5,6)7/h1,3H2,(H3,5,6,7). The average Bonchev–Trinajstić information content (AvgIpc) is 1.78. The topological polar surface area (TPSA) is 106 Å². The molecular formula is C3H7N2O4P. The maximum atomic E-state index is 10.1. The van der Waals surface area contributed by atoms with Crippen molar-refractivity contribution >= 4 is 7.75 Å². The zero-order valence-electron chi connectivity index (χ0n) is 5.06. The van der Waals surface area contributed by atoms with Gasteiger partial charge in [0.15, 0.2) is 0 Å². The first kappa shape index (κ1) is 9.56. The molecule has 0 aromatic heterocycles. The van der Waals surface area contributed by atoms with Gasteiger partial charge in [0.1, 0.15) is 0 Å². The zero-order valence-corrected chi connectivity index (χ0v) is 5.95. The molecule has 0 aliphatic heterocycles. The van der Waals surface area contributed by atoms with Gasteiger partial charge in [-0.2, -0.15) is 5.26 Å². The molecule has 6 nitrogen and oxygen atoms in total. The lowest BCUT2D eigenvalue weighted by Gasteiger charge is -2.02. The van der Waals surface area contributed by atoms with Crippen molar-refractivity contribution in [3.05, 3.63) is 0 Å². The van der Waals surface area contributed by atoms with Crippen molar-refractivity contribution in [3.63, 3.8) is 0 Å². The minimum absolute atomic E-state index is 0.0712. The third-order valence-corrected chi connectivity index (χ3v) is 0.776. The Kier molecular flexibility index (Phi) is 4.19. The van der Waals surface area contributed by atoms with Crippen molar-refractivity contribution in [3.8, 4) is 6.07 Å². The van der Waals surface area contributed by atoms with Crippen LogP contribution in [0.2, 0.25) is 0 Å². The summed E-state index contributed by atoms with van der Waals surface area (Å²) in [6, 6.07) is 1.74. The van der Waals surface area contributed by atoms with Crippen molar-refractivity contribution in [1.29, 1.82) is 5.26 Å². The van der Waals surface area contributed by atoms with Crippen LogP contribution in [0.25, 0.3) is 0 Å². The fourth-order valence-corrected chi connectivity index (χ4v) is 0.426. The SMILES string of the molecule is N#CCCOOP(N)(=O)O. The second-order valence-corrected chi connectivity index (χ2v) is 2.65. The highest BCUT2D eigenvalue weighted by atomic mass is 31.2. The molecule has 0 saturated heterocycles. The molecule has 58 valence electrons. The molecule has 0 bridgehead atoms. The van der Waals surface area contributed by atoms with Gasteiger partial charge >= 0.3 is 7.75 Å². The summed E-state index contributed by atoms with van der Waals surface area (Å²) in [6.07, 6.45) is 0.0833. The molecule has 1 unspecified atom stereocenters. The Labute approximate surface area is 57.7 Å². The summed E-state index contributed by atoms with van der Waals surface area (Å²) < 4.78 is 13.9. The molecule has 0 heterocycles. The molecule has 0 fully saturated rings. The summed E-state index contributed by atoms with van der Waals surface area (Å²) in [6.45, 7) is -0.0712. The smallest absolute Gasteiger partial charge is 0.311 e. The van der Waals surface area contributed by atoms with E-state index in [9.17, 15) is 4.57 Å². The van der Waals surface area contributed by atoms with Crippen LogP contribution in [-0.2, 0) is 14.1 Å². The molecule has 0 saturated carbocycles. The van der Waals surface area contributed by atoms with Gasteiger partial charge in [-0.3, -0.25) is 0 Å². The molecule has 0 radical (unpaired) electrons. The second-order valence-electron chi connectivity index (χ2n) is 1.37. The molecular weight excluding hydrogens is 159 g/mol. The lowest BCUT2D eigenvalue weighted by Crippen LogP contribution is -2.00. The summed E-state index contributed by atoms with van der Waals surface area (Å²) in [7, 11) is -4.04. The molecule has 0 aromatic carbocycles. The average molecular weight is 166 g/mol. The fourth-order valence-electron chi connectivity index (χ4n) is 0.200. The predicted molar refractivity (Wildman–Crippen MR) is 31.3 cm³/mol. The van der Waals surface area contributed by atoms with Gasteiger partial charge in [-0.05, 0) is 0 Å². The molecule has 10 heavy (non-hydrogen) atoms. The van der Waals surface area contributed by atoms with E-state index >= 15 is 0 Å². The van der Waals surface area contributed by atoms with Gasteiger partial charge < -0.3 is 4.89 Å². The number of nitriles is 1. The van der Waals surface area contributed by atoms with E-state index in [1.165, 1.54) is 0 Å². The maximum Gasteiger partial charge on any atom is 0.427 e. The molecule has 0 amide bonds. The Hall–Kier alpha value is -0.440. The van der Waals surface area contributed by atoms with Crippen LogP contribution in [0.4, 0.5) is 0 Å². The van der Waals surface area contributed by atoms with Gasteiger partial charge in [-0.15, -0.1) is 4.67 Å². The highest BCUT2D eigenvalue weighted by molar-refractivity contribution is 7.49. The van der Waals surface area contributed by atoms with Crippen LogP contribution in [0, 0.1) is 11.3 Å². The van der Waals surface area contributed by atoms with Crippen LogP contribution in [0.15, 0.2) is 0 Å². The van der Waals surface area contributed by atoms with Crippen molar-refractivity contribution in [2.45, 2.75) is 6.42 Å². The second kappa shape index (κ2) is 4.39. The molecule has 3 N–H and O–H groups in total. The number of hydrogen-bond acceptors (Lipinski definition) is 4. The Bertz CT molecular complexity index is 170. The minimum atomic E-state index is -4.04. The van der Waals surface area contributed by atoms with E-state index in [4.69, 9.17) is 10.2 Å². The maximum absolute atomic E-state index is 10.1. The van der Waals surface area contributed by atoms with Crippen molar-refractivity contribution in [2.24, 2.45) is 5.50 Å². The molecule has 0 rings (SSSR count). The lowest BCUT2D eigenvalue weighted by molar-refractivity contribution is -0.211. The highest BCUT2D eigenvalue weighted by Gasteiger charge is 2.11. The summed E-state index contributed by atoms with van der Waals surface area (Å²) in [5.41, 5.74) is 4.50. The first-order chi connectivity index (χ1) is 4.56. The summed E-state index contributed by atoms with van der Waals surface area (Å²) in [4.78, 5) is 12.3. The molecule has 0 aliphatic rings. The Balaban J connectivity index is 3.23. The summed E-state index contributed by atoms with van der Waals surface area (Å²) in [5, 5.41) is 7.95. The van der Waals surface area contributed by atoms with E-state index < -0.39 is 7.75 Å². The summed E-state index contributed by atoms with van der Waals surface area (Å²) in [5.74, 6) is 0. The van der Waals surface area contributed by atoms with E-state index in [-0.39, 0.29) is 13.0 Å². The molecule has 0 aromatic rings. The van der Waals surface area contributed by atoms with E-state index in [0.29, 0.717) is 0 Å². The van der Waals surface area contributed by atoms with Gasteiger partial charge in [-0.25, -0.2) is 15.0 Å². The largest absolute Gasteiger partial charge is 0.427 e. The van der Waals surface area contributed by atoms with Crippen molar-refractivity contribution < 1.29 is 19.0 Å². The third-order valence-electron chi connectivity index (χ3n) is 0.457. The first-order valence-electron chi connectivity index (χ1n) is 2.36. The number of hydrogen-bond donors (Lipinski definition) is 2. The van der Waals surface area contributed by atoms with Crippen LogP contribution >= 0.6 is 7.75 Å². The Morgan fingerprint density at radius 3 is 2.80 bits per heavy atom.